The number of carbonyl (C=O) groups excluding carboxylic acids is 2. The van der Waals surface area contributed by atoms with E-state index < -0.39 is 5.54 Å². The minimum absolute atomic E-state index is 0.0230. The van der Waals surface area contributed by atoms with E-state index in [1.807, 2.05) is 36.2 Å². The number of nitrogens with one attached hydrogen (secondary N) is 2. The molecule has 2 aliphatic rings. The lowest BCUT2D eigenvalue weighted by atomic mass is 10.00. The first kappa shape index (κ1) is 18.4. The molecule has 0 unspecified atom stereocenters. The maximum atomic E-state index is 12.3. The number of likely N-dealkylation sites (N-methyl/N-ethyl adjacent to an activating group) is 1. The van der Waals surface area contributed by atoms with Crippen molar-refractivity contribution < 1.29 is 9.59 Å². The van der Waals surface area contributed by atoms with Gasteiger partial charge < -0.3 is 10.6 Å². The molecule has 2 saturated carbocycles. The van der Waals surface area contributed by atoms with Gasteiger partial charge in [-0.15, -0.1) is 0 Å². The molecule has 0 radical (unpaired) electrons. The topological polar surface area (TPSA) is 85.2 Å². The van der Waals surface area contributed by atoms with Gasteiger partial charge in [-0.1, -0.05) is 12.1 Å². The molecule has 138 valence electrons. The minimum Gasteiger partial charge on any atom is -0.349 e. The van der Waals surface area contributed by atoms with Gasteiger partial charge in [-0.2, -0.15) is 5.26 Å². The molecule has 3 rings (SSSR count). The highest BCUT2D eigenvalue weighted by atomic mass is 16.2. The first-order valence-corrected chi connectivity index (χ1v) is 9.30. The quantitative estimate of drug-likeness (QED) is 0.784. The average Bonchev–Trinajstić information content (AvgIpc) is 3.31. The second-order valence-corrected chi connectivity index (χ2v) is 7.57. The number of hydrogen-bond donors (Lipinski definition) is 2. The van der Waals surface area contributed by atoms with E-state index in [4.69, 9.17) is 0 Å². The molecule has 1 aromatic carbocycles. The molecule has 2 amide bonds. The van der Waals surface area contributed by atoms with Crippen LogP contribution in [0.2, 0.25) is 0 Å². The molecule has 0 saturated heterocycles. The zero-order chi connectivity index (χ0) is 18.6. The number of benzene rings is 1. The third kappa shape index (κ3) is 4.83. The Bertz CT molecular complexity index is 698. The van der Waals surface area contributed by atoms with Crippen LogP contribution in [0.4, 0.5) is 0 Å². The summed E-state index contributed by atoms with van der Waals surface area (Å²) in [6.45, 7) is 0.852. The van der Waals surface area contributed by atoms with E-state index >= 15 is 0 Å². The Labute approximate surface area is 154 Å². The standard InChI is InChI=1S/C20H26N4O2/c1-24(13-18(25)23-20(14-21)10-2-3-11-20)12-15-4-6-16(7-5-15)19(26)22-17-8-9-17/h4-7,17H,2-3,8-13H2,1H3,(H,22,26)(H,23,25). The molecule has 0 spiro atoms. The number of nitriles is 1. The molecule has 0 atom stereocenters. The van der Waals surface area contributed by atoms with Crippen LogP contribution < -0.4 is 10.6 Å². The predicted molar refractivity (Wildman–Crippen MR) is 98.2 cm³/mol. The van der Waals surface area contributed by atoms with Crippen molar-refractivity contribution >= 4 is 11.8 Å². The lowest BCUT2D eigenvalue weighted by molar-refractivity contribution is -0.123. The highest BCUT2D eigenvalue weighted by molar-refractivity contribution is 5.94. The number of carbonyl (C=O) groups is 2. The van der Waals surface area contributed by atoms with E-state index in [2.05, 4.69) is 16.7 Å². The summed E-state index contributed by atoms with van der Waals surface area (Å²) in [6.07, 6.45) is 5.61. The van der Waals surface area contributed by atoms with Gasteiger partial charge in [0.05, 0.1) is 12.6 Å². The fourth-order valence-corrected chi connectivity index (χ4v) is 3.42. The van der Waals surface area contributed by atoms with Crippen LogP contribution >= 0.6 is 0 Å². The zero-order valence-corrected chi connectivity index (χ0v) is 15.3. The van der Waals surface area contributed by atoms with E-state index in [0.717, 1.165) is 44.1 Å². The van der Waals surface area contributed by atoms with Crippen molar-refractivity contribution in [1.82, 2.24) is 15.5 Å². The Hall–Kier alpha value is -2.39. The number of amides is 2. The van der Waals surface area contributed by atoms with Gasteiger partial charge in [0.15, 0.2) is 0 Å². The molecule has 0 heterocycles. The van der Waals surface area contributed by atoms with E-state index in [9.17, 15) is 14.9 Å². The third-order valence-corrected chi connectivity index (χ3v) is 5.04. The summed E-state index contributed by atoms with van der Waals surface area (Å²) in [5.41, 5.74) is 1.03. The molecular formula is C20H26N4O2. The Balaban J connectivity index is 1.48. The first-order valence-electron chi connectivity index (χ1n) is 9.30. The van der Waals surface area contributed by atoms with Gasteiger partial charge in [0.25, 0.3) is 5.91 Å². The fourth-order valence-electron chi connectivity index (χ4n) is 3.42. The monoisotopic (exact) mass is 354 g/mol. The summed E-state index contributed by atoms with van der Waals surface area (Å²) < 4.78 is 0. The molecule has 6 nitrogen and oxygen atoms in total. The van der Waals surface area contributed by atoms with Gasteiger partial charge in [0.1, 0.15) is 5.54 Å². The molecule has 6 heteroatoms. The molecule has 2 N–H and O–H groups in total. The summed E-state index contributed by atoms with van der Waals surface area (Å²) in [7, 11) is 1.88. The molecule has 26 heavy (non-hydrogen) atoms. The highest BCUT2D eigenvalue weighted by Crippen LogP contribution is 2.28. The van der Waals surface area contributed by atoms with Crippen LogP contribution in [-0.4, -0.2) is 41.9 Å². The van der Waals surface area contributed by atoms with E-state index in [-0.39, 0.29) is 18.4 Å². The van der Waals surface area contributed by atoms with Gasteiger partial charge in [0.2, 0.25) is 5.91 Å². The van der Waals surface area contributed by atoms with Crippen LogP contribution in [0.1, 0.15) is 54.4 Å². The van der Waals surface area contributed by atoms with Crippen molar-refractivity contribution in [2.75, 3.05) is 13.6 Å². The van der Waals surface area contributed by atoms with Crippen molar-refractivity contribution in [3.63, 3.8) is 0 Å². The van der Waals surface area contributed by atoms with E-state index in [1.54, 1.807) is 0 Å². The summed E-state index contributed by atoms with van der Waals surface area (Å²) in [4.78, 5) is 26.2. The summed E-state index contributed by atoms with van der Waals surface area (Å²) >= 11 is 0. The maximum Gasteiger partial charge on any atom is 0.251 e. The summed E-state index contributed by atoms with van der Waals surface area (Å²) in [5, 5.41) is 15.2. The van der Waals surface area contributed by atoms with Crippen molar-refractivity contribution in [2.24, 2.45) is 0 Å². The SMILES string of the molecule is CN(CC(=O)NC1(C#N)CCCC1)Cc1ccc(C(=O)NC2CC2)cc1. The Kier molecular flexibility index (Phi) is 5.58. The van der Waals surface area contributed by atoms with Crippen LogP contribution in [0.25, 0.3) is 0 Å². The lowest BCUT2D eigenvalue weighted by Gasteiger charge is -2.24. The van der Waals surface area contributed by atoms with Crippen molar-refractivity contribution in [2.45, 2.75) is 56.7 Å². The molecule has 2 fully saturated rings. The largest absolute Gasteiger partial charge is 0.349 e. The van der Waals surface area contributed by atoms with Crippen LogP contribution in [0.15, 0.2) is 24.3 Å². The van der Waals surface area contributed by atoms with Gasteiger partial charge in [-0.05, 0) is 63.3 Å². The van der Waals surface area contributed by atoms with E-state index in [0.29, 0.717) is 18.2 Å². The predicted octanol–water partition coefficient (Wildman–Crippen LogP) is 1.96. The van der Waals surface area contributed by atoms with Crippen LogP contribution in [0, 0.1) is 11.3 Å². The van der Waals surface area contributed by atoms with Crippen LogP contribution in [-0.2, 0) is 11.3 Å². The van der Waals surface area contributed by atoms with Crippen LogP contribution in [0.5, 0.6) is 0 Å². The lowest BCUT2D eigenvalue weighted by Crippen LogP contribution is -2.48. The first-order chi connectivity index (χ1) is 12.5. The molecule has 2 aliphatic carbocycles. The smallest absolute Gasteiger partial charge is 0.251 e. The highest BCUT2D eigenvalue weighted by Gasteiger charge is 2.35. The molecule has 0 aliphatic heterocycles. The second-order valence-electron chi connectivity index (χ2n) is 7.57. The van der Waals surface area contributed by atoms with Crippen LogP contribution in [0.3, 0.4) is 0 Å². The van der Waals surface area contributed by atoms with Gasteiger partial charge in [-0.25, -0.2) is 0 Å². The number of rotatable bonds is 7. The molecule has 1 aromatic rings. The molecular weight excluding hydrogens is 328 g/mol. The van der Waals surface area contributed by atoms with E-state index in [1.165, 1.54) is 0 Å². The minimum atomic E-state index is -0.672. The zero-order valence-electron chi connectivity index (χ0n) is 15.3. The Morgan fingerprint density at radius 1 is 1.23 bits per heavy atom. The fraction of sp³-hybridized carbons (Fsp3) is 0.550. The van der Waals surface area contributed by atoms with Gasteiger partial charge in [-0.3, -0.25) is 14.5 Å². The van der Waals surface area contributed by atoms with Crippen molar-refractivity contribution in [1.29, 1.82) is 5.26 Å². The average molecular weight is 354 g/mol. The molecule has 0 bridgehead atoms. The maximum absolute atomic E-state index is 12.3. The number of nitrogens with zero attached hydrogens (tertiary/aromatic N) is 2. The number of hydrogen-bond acceptors (Lipinski definition) is 4. The summed E-state index contributed by atoms with van der Waals surface area (Å²) in [6, 6.07) is 10.1. The van der Waals surface area contributed by atoms with Crippen molar-refractivity contribution in [3.05, 3.63) is 35.4 Å². The molecule has 0 aromatic heterocycles. The van der Waals surface area contributed by atoms with Gasteiger partial charge in [0, 0.05) is 18.2 Å². The normalized spacial score (nSPS) is 18.3. The Morgan fingerprint density at radius 2 is 1.88 bits per heavy atom. The summed E-state index contributed by atoms with van der Waals surface area (Å²) in [5.74, 6) is -0.137. The van der Waals surface area contributed by atoms with Crippen molar-refractivity contribution in [3.8, 4) is 6.07 Å². The Morgan fingerprint density at radius 3 is 2.46 bits per heavy atom. The second kappa shape index (κ2) is 7.88. The third-order valence-electron chi connectivity index (χ3n) is 5.04. The van der Waals surface area contributed by atoms with Gasteiger partial charge >= 0.3 is 0 Å².